The summed E-state index contributed by atoms with van der Waals surface area (Å²) in [5, 5.41) is 2.62. The zero-order valence-corrected chi connectivity index (χ0v) is 14.7. The van der Waals surface area contributed by atoms with E-state index < -0.39 is 12.1 Å². The van der Waals surface area contributed by atoms with E-state index >= 15 is 0 Å². The molecule has 7 nitrogen and oxygen atoms in total. The van der Waals surface area contributed by atoms with Crippen molar-refractivity contribution in [3.63, 3.8) is 0 Å². The molecule has 2 atom stereocenters. The summed E-state index contributed by atoms with van der Waals surface area (Å²) in [5.41, 5.74) is 0.362. The average Bonchev–Trinajstić information content (AvgIpc) is 3.14. The fourth-order valence-electron chi connectivity index (χ4n) is 2.35. The molecular weight excluding hydrogens is 326 g/mol. The molecule has 1 aromatic rings. The Hall–Kier alpha value is -2.12. The molecule has 1 fully saturated rings. The van der Waals surface area contributed by atoms with Gasteiger partial charge in [0.1, 0.15) is 12.4 Å². The van der Waals surface area contributed by atoms with E-state index in [-0.39, 0.29) is 12.0 Å². The zero-order chi connectivity index (χ0) is 18.1. The number of hydrogen-bond acceptors (Lipinski definition) is 6. The number of rotatable bonds is 9. The first-order chi connectivity index (χ1) is 12.1. The number of nitrogens with one attached hydrogen (secondary N) is 1. The molecule has 1 heterocycles. The smallest absolute Gasteiger partial charge is 0.338 e. The lowest BCUT2D eigenvalue weighted by Gasteiger charge is -2.14. The van der Waals surface area contributed by atoms with Gasteiger partial charge in [0, 0.05) is 20.3 Å². The van der Waals surface area contributed by atoms with Gasteiger partial charge in [0.15, 0.2) is 6.10 Å². The summed E-state index contributed by atoms with van der Waals surface area (Å²) in [5.74, 6) is -0.251. The normalized spacial score (nSPS) is 17.8. The van der Waals surface area contributed by atoms with Crippen LogP contribution < -0.4 is 10.1 Å². The largest absolute Gasteiger partial charge is 0.491 e. The molecule has 25 heavy (non-hydrogen) atoms. The third-order valence-electron chi connectivity index (χ3n) is 3.81. The molecular formula is C18H25NO6. The zero-order valence-electron chi connectivity index (χ0n) is 14.7. The summed E-state index contributed by atoms with van der Waals surface area (Å²) in [4.78, 5) is 23.9. The highest BCUT2D eigenvalue weighted by molar-refractivity contribution is 5.92. The fraction of sp³-hybridized carbons (Fsp3) is 0.556. The Balaban J connectivity index is 1.77. The summed E-state index contributed by atoms with van der Waals surface area (Å²) in [6, 6.07) is 6.63. The standard InChI is InChI=1S/C18H25NO6/c1-13(17(20)19-9-11-22-2)25-18(21)14-5-7-15(8-6-14)24-12-16-4-3-10-23-16/h5-8,13,16H,3-4,9-12H2,1-2H3,(H,19,20)/t13-,16+/m1/s1. The van der Waals surface area contributed by atoms with Crippen LogP contribution in [-0.4, -0.2) is 57.6 Å². The first kappa shape index (κ1) is 19.2. The first-order valence-electron chi connectivity index (χ1n) is 8.42. The third kappa shape index (κ3) is 6.36. The minimum Gasteiger partial charge on any atom is -0.491 e. The van der Waals surface area contributed by atoms with Gasteiger partial charge in [-0.1, -0.05) is 0 Å². The van der Waals surface area contributed by atoms with Gasteiger partial charge in [0.2, 0.25) is 0 Å². The van der Waals surface area contributed by atoms with Gasteiger partial charge in [-0.05, 0) is 44.0 Å². The van der Waals surface area contributed by atoms with Crippen molar-refractivity contribution in [3.8, 4) is 5.75 Å². The van der Waals surface area contributed by atoms with Crippen molar-refractivity contribution in [3.05, 3.63) is 29.8 Å². The van der Waals surface area contributed by atoms with Crippen LogP contribution in [0.2, 0.25) is 0 Å². The fourth-order valence-corrected chi connectivity index (χ4v) is 2.35. The van der Waals surface area contributed by atoms with Gasteiger partial charge in [-0.3, -0.25) is 4.79 Å². The Kier molecular flexibility index (Phi) is 7.69. The lowest BCUT2D eigenvalue weighted by molar-refractivity contribution is -0.129. The van der Waals surface area contributed by atoms with Crippen LogP contribution >= 0.6 is 0 Å². The van der Waals surface area contributed by atoms with Crippen molar-refractivity contribution in [2.45, 2.75) is 32.0 Å². The van der Waals surface area contributed by atoms with Gasteiger partial charge in [-0.2, -0.15) is 0 Å². The quantitative estimate of drug-likeness (QED) is 0.537. The second-order valence-electron chi connectivity index (χ2n) is 5.80. The molecule has 2 rings (SSSR count). The SMILES string of the molecule is COCCNC(=O)[C@@H](C)OC(=O)c1ccc(OC[C@@H]2CCCO2)cc1. The van der Waals surface area contributed by atoms with Gasteiger partial charge in [-0.25, -0.2) is 4.79 Å². The summed E-state index contributed by atoms with van der Waals surface area (Å²) in [6.07, 6.45) is 1.34. The summed E-state index contributed by atoms with van der Waals surface area (Å²) >= 11 is 0. The number of benzene rings is 1. The number of esters is 1. The maximum absolute atomic E-state index is 12.1. The Morgan fingerprint density at radius 1 is 1.32 bits per heavy atom. The average molecular weight is 351 g/mol. The molecule has 0 spiro atoms. The van der Waals surface area contributed by atoms with Crippen molar-refractivity contribution in [1.29, 1.82) is 0 Å². The van der Waals surface area contributed by atoms with Crippen LogP contribution in [-0.2, 0) is 19.0 Å². The predicted octanol–water partition coefficient (Wildman–Crippen LogP) is 1.55. The van der Waals surface area contributed by atoms with E-state index in [9.17, 15) is 9.59 Å². The van der Waals surface area contributed by atoms with Crippen LogP contribution in [0.25, 0.3) is 0 Å². The van der Waals surface area contributed by atoms with Crippen molar-refractivity contribution >= 4 is 11.9 Å². The molecule has 0 aliphatic carbocycles. The molecule has 1 aromatic carbocycles. The molecule has 0 bridgehead atoms. The number of ether oxygens (including phenoxy) is 4. The highest BCUT2D eigenvalue weighted by Crippen LogP contribution is 2.17. The van der Waals surface area contributed by atoms with Crippen LogP contribution in [0.4, 0.5) is 0 Å². The van der Waals surface area contributed by atoms with Crippen LogP contribution in [0, 0.1) is 0 Å². The second kappa shape index (κ2) is 10.0. The van der Waals surface area contributed by atoms with Gasteiger partial charge in [0.25, 0.3) is 5.91 Å². The number of amides is 1. The van der Waals surface area contributed by atoms with E-state index in [0.29, 0.717) is 31.1 Å². The Morgan fingerprint density at radius 3 is 2.72 bits per heavy atom. The molecule has 1 aliphatic heterocycles. The summed E-state index contributed by atoms with van der Waals surface area (Å²) in [7, 11) is 1.55. The van der Waals surface area contributed by atoms with E-state index in [1.54, 1.807) is 31.4 Å². The van der Waals surface area contributed by atoms with Gasteiger partial charge < -0.3 is 24.3 Å². The van der Waals surface area contributed by atoms with Crippen LogP contribution in [0.5, 0.6) is 5.75 Å². The number of carbonyl (C=O) groups excluding carboxylic acids is 2. The van der Waals surface area contributed by atoms with Gasteiger partial charge in [0.05, 0.1) is 18.3 Å². The van der Waals surface area contributed by atoms with Crippen LogP contribution in [0.1, 0.15) is 30.1 Å². The van der Waals surface area contributed by atoms with Crippen LogP contribution in [0.3, 0.4) is 0 Å². The minimum absolute atomic E-state index is 0.141. The molecule has 1 N–H and O–H groups in total. The van der Waals surface area contributed by atoms with Crippen molar-refractivity contribution in [2.24, 2.45) is 0 Å². The molecule has 1 saturated heterocycles. The lowest BCUT2D eigenvalue weighted by atomic mass is 10.2. The summed E-state index contributed by atoms with van der Waals surface area (Å²) in [6.45, 7) is 3.59. The Morgan fingerprint density at radius 2 is 2.08 bits per heavy atom. The number of carbonyl (C=O) groups is 2. The predicted molar refractivity (Wildman–Crippen MR) is 90.7 cm³/mol. The first-order valence-corrected chi connectivity index (χ1v) is 8.42. The maximum atomic E-state index is 12.1. The van der Waals surface area contributed by atoms with Gasteiger partial charge >= 0.3 is 5.97 Å². The molecule has 1 amide bonds. The molecule has 0 saturated carbocycles. The highest BCUT2D eigenvalue weighted by Gasteiger charge is 2.19. The van der Waals surface area contributed by atoms with Crippen molar-refractivity contribution < 1.29 is 28.5 Å². The highest BCUT2D eigenvalue weighted by atomic mass is 16.5. The van der Waals surface area contributed by atoms with Gasteiger partial charge in [-0.15, -0.1) is 0 Å². The van der Waals surface area contributed by atoms with E-state index in [0.717, 1.165) is 19.4 Å². The molecule has 138 valence electrons. The second-order valence-corrected chi connectivity index (χ2v) is 5.80. The molecule has 7 heteroatoms. The maximum Gasteiger partial charge on any atom is 0.338 e. The molecule has 0 aromatic heterocycles. The number of hydrogen-bond donors (Lipinski definition) is 1. The van der Waals surface area contributed by atoms with E-state index in [1.807, 2.05) is 0 Å². The summed E-state index contributed by atoms with van der Waals surface area (Å²) < 4.78 is 21.1. The monoisotopic (exact) mass is 351 g/mol. The van der Waals surface area contributed by atoms with Crippen molar-refractivity contribution in [2.75, 3.05) is 33.5 Å². The van der Waals surface area contributed by atoms with Crippen molar-refractivity contribution in [1.82, 2.24) is 5.32 Å². The molecule has 0 unspecified atom stereocenters. The molecule has 1 aliphatic rings. The lowest BCUT2D eigenvalue weighted by Crippen LogP contribution is -2.37. The third-order valence-corrected chi connectivity index (χ3v) is 3.81. The topological polar surface area (TPSA) is 83.1 Å². The minimum atomic E-state index is -0.875. The molecule has 0 radical (unpaired) electrons. The van der Waals surface area contributed by atoms with E-state index in [4.69, 9.17) is 18.9 Å². The van der Waals surface area contributed by atoms with E-state index in [2.05, 4.69) is 5.32 Å². The van der Waals surface area contributed by atoms with Crippen LogP contribution in [0.15, 0.2) is 24.3 Å². The Labute approximate surface area is 147 Å². The Bertz CT molecular complexity index is 553. The van der Waals surface area contributed by atoms with E-state index in [1.165, 1.54) is 6.92 Å². The number of methoxy groups -OCH3 is 1.